The van der Waals surface area contributed by atoms with Crippen LogP contribution in [0.3, 0.4) is 0 Å². The topological polar surface area (TPSA) is 24.9 Å². The Morgan fingerprint density at radius 3 is 3.31 bits per heavy atom. The summed E-state index contributed by atoms with van der Waals surface area (Å²) in [6, 6.07) is 4.74. The van der Waals surface area contributed by atoms with Crippen LogP contribution < -0.4 is 5.32 Å². The van der Waals surface area contributed by atoms with Gasteiger partial charge in [-0.1, -0.05) is 13.0 Å². The van der Waals surface area contributed by atoms with E-state index in [-0.39, 0.29) is 0 Å². The maximum Gasteiger partial charge on any atom is 0.0605 e. The van der Waals surface area contributed by atoms with Crippen molar-refractivity contribution in [2.45, 2.75) is 37.5 Å². The zero-order valence-corrected chi connectivity index (χ0v) is 10.9. The van der Waals surface area contributed by atoms with Gasteiger partial charge in [0, 0.05) is 24.0 Å². The molecule has 2 atom stereocenters. The third-order valence-corrected chi connectivity index (χ3v) is 4.22. The lowest BCUT2D eigenvalue weighted by atomic mass is 9.92. The van der Waals surface area contributed by atoms with Crippen molar-refractivity contribution in [3.05, 3.63) is 29.6 Å². The molecule has 1 heterocycles. The number of pyridine rings is 1. The Labute approximate surface area is 102 Å². The molecule has 0 aromatic carbocycles. The summed E-state index contributed by atoms with van der Waals surface area (Å²) in [5, 5.41) is 4.32. The maximum absolute atomic E-state index is 4.54. The standard InChI is InChI=1S/C13H20N2S/c1-10(16-2)9-15-12-7-3-5-11-6-4-8-14-13(11)12/h4,6,8,10,12,15H,3,5,7,9H2,1-2H3. The zero-order valence-electron chi connectivity index (χ0n) is 10.1. The van der Waals surface area contributed by atoms with E-state index < -0.39 is 0 Å². The number of rotatable bonds is 4. The molecule has 0 bridgehead atoms. The molecule has 0 aliphatic heterocycles. The van der Waals surface area contributed by atoms with Crippen LogP contribution in [0.25, 0.3) is 0 Å². The second-order valence-corrected chi connectivity index (χ2v) is 5.72. The first-order valence-electron chi connectivity index (χ1n) is 6.01. The molecule has 88 valence electrons. The molecule has 0 amide bonds. The van der Waals surface area contributed by atoms with Crippen molar-refractivity contribution < 1.29 is 0 Å². The normalized spacial score (nSPS) is 21.5. The molecule has 0 saturated heterocycles. The average molecular weight is 236 g/mol. The van der Waals surface area contributed by atoms with Crippen molar-refractivity contribution in [1.82, 2.24) is 10.3 Å². The molecule has 0 fully saturated rings. The molecule has 1 N–H and O–H groups in total. The van der Waals surface area contributed by atoms with Gasteiger partial charge in [0.25, 0.3) is 0 Å². The van der Waals surface area contributed by atoms with Crippen molar-refractivity contribution in [2.24, 2.45) is 0 Å². The molecule has 2 rings (SSSR count). The minimum atomic E-state index is 0.472. The van der Waals surface area contributed by atoms with E-state index in [1.54, 1.807) is 0 Å². The Balaban J connectivity index is 2.01. The molecule has 1 aromatic heterocycles. The van der Waals surface area contributed by atoms with E-state index in [2.05, 4.69) is 29.5 Å². The average Bonchev–Trinajstić information content (AvgIpc) is 2.35. The first-order valence-corrected chi connectivity index (χ1v) is 7.30. The van der Waals surface area contributed by atoms with Gasteiger partial charge < -0.3 is 5.32 Å². The Morgan fingerprint density at radius 2 is 2.50 bits per heavy atom. The molecule has 1 aliphatic carbocycles. The minimum absolute atomic E-state index is 0.472. The SMILES string of the molecule is CSC(C)CNC1CCCc2cccnc21. The lowest BCUT2D eigenvalue weighted by Crippen LogP contribution is -2.30. The largest absolute Gasteiger partial charge is 0.308 e. The van der Waals surface area contributed by atoms with Gasteiger partial charge in [-0.15, -0.1) is 0 Å². The lowest BCUT2D eigenvalue weighted by molar-refractivity contribution is 0.451. The number of fused-ring (bicyclic) bond motifs is 1. The van der Waals surface area contributed by atoms with E-state index >= 15 is 0 Å². The fraction of sp³-hybridized carbons (Fsp3) is 0.615. The van der Waals surface area contributed by atoms with E-state index in [1.807, 2.05) is 24.0 Å². The number of nitrogens with one attached hydrogen (secondary N) is 1. The van der Waals surface area contributed by atoms with Crippen LogP contribution >= 0.6 is 11.8 Å². The fourth-order valence-corrected chi connectivity index (χ4v) is 2.46. The molecule has 16 heavy (non-hydrogen) atoms. The van der Waals surface area contributed by atoms with Gasteiger partial charge in [0.2, 0.25) is 0 Å². The van der Waals surface area contributed by atoms with E-state index in [0.29, 0.717) is 11.3 Å². The van der Waals surface area contributed by atoms with Crippen LogP contribution in [-0.2, 0) is 6.42 Å². The molecule has 0 radical (unpaired) electrons. The quantitative estimate of drug-likeness (QED) is 0.870. The summed E-state index contributed by atoms with van der Waals surface area (Å²) in [7, 11) is 0. The van der Waals surface area contributed by atoms with Crippen LogP contribution in [-0.4, -0.2) is 23.0 Å². The smallest absolute Gasteiger partial charge is 0.0605 e. The second-order valence-electron chi connectivity index (χ2n) is 4.45. The molecular formula is C13H20N2S. The molecule has 1 aromatic rings. The highest BCUT2D eigenvalue weighted by molar-refractivity contribution is 7.99. The van der Waals surface area contributed by atoms with Gasteiger partial charge in [-0.05, 0) is 37.1 Å². The second kappa shape index (κ2) is 5.69. The number of hydrogen-bond acceptors (Lipinski definition) is 3. The molecule has 0 spiro atoms. The first-order chi connectivity index (χ1) is 7.81. The molecule has 2 unspecified atom stereocenters. The van der Waals surface area contributed by atoms with Gasteiger partial charge in [-0.25, -0.2) is 0 Å². The summed E-state index contributed by atoms with van der Waals surface area (Å²) in [5.41, 5.74) is 2.71. The molecule has 3 heteroatoms. The van der Waals surface area contributed by atoms with Crippen LogP contribution in [0.4, 0.5) is 0 Å². The van der Waals surface area contributed by atoms with Gasteiger partial charge >= 0.3 is 0 Å². The number of thioether (sulfide) groups is 1. The van der Waals surface area contributed by atoms with Crippen molar-refractivity contribution in [1.29, 1.82) is 0 Å². The number of hydrogen-bond donors (Lipinski definition) is 1. The Kier molecular flexibility index (Phi) is 4.24. The highest BCUT2D eigenvalue weighted by Crippen LogP contribution is 2.27. The third kappa shape index (κ3) is 2.77. The maximum atomic E-state index is 4.54. The lowest BCUT2D eigenvalue weighted by Gasteiger charge is -2.26. The number of aryl methyl sites for hydroxylation is 1. The first kappa shape index (κ1) is 11.9. The summed E-state index contributed by atoms with van der Waals surface area (Å²) in [6.45, 7) is 3.33. The summed E-state index contributed by atoms with van der Waals surface area (Å²) >= 11 is 1.91. The summed E-state index contributed by atoms with van der Waals surface area (Å²) in [4.78, 5) is 4.54. The Morgan fingerprint density at radius 1 is 1.62 bits per heavy atom. The van der Waals surface area contributed by atoms with E-state index in [0.717, 1.165) is 6.54 Å². The van der Waals surface area contributed by atoms with Crippen LogP contribution in [0.1, 0.15) is 37.1 Å². The van der Waals surface area contributed by atoms with E-state index in [1.165, 1.54) is 30.5 Å². The van der Waals surface area contributed by atoms with Crippen LogP contribution in [0.15, 0.2) is 18.3 Å². The summed E-state index contributed by atoms with van der Waals surface area (Å²) < 4.78 is 0. The van der Waals surface area contributed by atoms with Crippen LogP contribution in [0.2, 0.25) is 0 Å². The molecule has 2 nitrogen and oxygen atoms in total. The van der Waals surface area contributed by atoms with E-state index in [9.17, 15) is 0 Å². The van der Waals surface area contributed by atoms with Crippen molar-refractivity contribution >= 4 is 11.8 Å². The van der Waals surface area contributed by atoms with Crippen LogP contribution in [0, 0.1) is 0 Å². The summed E-state index contributed by atoms with van der Waals surface area (Å²) in [6.07, 6.45) is 7.78. The van der Waals surface area contributed by atoms with Crippen LogP contribution in [0.5, 0.6) is 0 Å². The van der Waals surface area contributed by atoms with Crippen molar-refractivity contribution in [3.63, 3.8) is 0 Å². The Hall–Kier alpha value is -0.540. The van der Waals surface area contributed by atoms with Gasteiger partial charge in [0.05, 0.1) is 5.69 Å². The third-order valence-electron chi connectivity index (χ3n) is 3.25. The predicted octanol–water partition coefficient (Wildman–Crippen LogP) is 2.80. The number of nitrogens with zero attached hydrogens (tertiary/aromatic N) is 1. The highest BCUT2D eigenvalue weighted by Gasteiger charge is 2.20. The Bertz CT molecular complexity index is 340. The van der Waals surface area contributed by atoms with Crippen molar-refractivity contribution in [2.75, 3.05) is 12.8 Å². The van der Waals surface area contributed by atoms with Gasteiger partial charge in [-0.3, -0.25) is 4.98 Å². The summed E-state index contributed by atoms with van der Waals surface area (Å²) in [5.74, 6) is 0. The van der Waals surface area contributed by atoms with Gasteiger partial charge in [0.1, 0.15) is 0 Å². The van der Waals surface area contributed by atoms with Gasteiger partial charge in [-0.2, -0.15) is 11.8 Å². The van der Waals surface area contributed by atoms with E-state index in [4.69, 9.17) is 0 Å². The molecular weight excluding hydrogens is 216 g/mol. The highest BCUT2D eigenvalue weighted by atomic mass is 32.2. The molecule has 0 saturated carbocycles. The minimum Gasteiger partial charge on any atom is -0.308 e. The number of aromatic nitrogens is 1. The monoisotopic (exact) mass is 236 g/mol. The van der Waals surface area contributed by atoms with Crippen molar-refractivity contribution in [3.8, 4) is 0 Å². The molecule has 1 aliphatic rings. The zero-order chi connectivity index (χ0) is 11.4. The van der Waals surface area contributed by atoms with Gasteiger partial charge in [0.15, 0.2) is 0 Å². The fourth-order valence-electron chi connectivity index (χ4n) is 2.20. The predicted molar refractivity (Wildman–Crippen MR) is 70.9 cm³/mol.